The number of nitrogens with one attached hydrogen (secondary N) is 1. The summed E-state index contributed by atoms with van der Waals surface area (Å²) < 4.78 is 1.93. The molecule has 0 bridgehead atoms. The highest BCUT2D eigenvalue weighted by Gasteiger charge is 2.18. The first-order valence-electron chi connectivity index (χ1n) is 8.10. The molecule has 1 atom stereocenters. The zero-order valence-electron chi connectivity index (χ0n) is 13.1. The fourth-order valence-electron chi connectivity index (χ4n) is 3.40. The predicted molar refractivity (Wildman–Crippen MR) is 86.2 cm³/mol. The Morgan fingerprint density at radius 1 is 1.29 bits per heavy atom. The topological polar surface area (TPSA) is 29.9 Å². The van der Waals surface area contributed by atoms with Crippen LogP contribution < -0.4 is 5.32 Å². The van der Waals surface area contributed by atoms with Crippen molar-refractivity contribution in [3.63, 3.8) is 0 Å². The Balaban J connectivity index is 1.75. The van der Waals surface area contributed by atoms with Crippen LogP contribution in [0.3, 0.4) is 0 Å². The SMILES string of the molecule is CCc1nn(C)cc1CNC1CCCCc2ccccc21. The standard InChI is InChI=1S/C18H25N3/c1-3-17-15(13-21(2)20-17)12-19-18-11-7-5-9-14-8-4-6-10-16(14)18/h4,6,8,10,13,18-19H,3,5,7,9,11-12H2,1-2H3. The molecule has 0 saturated carbocycles. The van der Waals surface area contributed by atoms with Crippen molar-refractivity contribution < 1.29 is 0 Å². The lowest BCUT2D eigenvalue weighted by molar-refractivity contribution is 0.488. The molecule has 1 heterocycles. The van der Waals surface area contributed by atoms with Crippen molar-refractivity contribution in [3.05, 3.63) is 52.8 Å². The van der Waals surface area contributed by atoms with Crippen LogP contribution in [0.25, 0.3) is 0 Å². The molecule has 1 aromatic heterocycles. The Kier molecular flexibility index (Phi) is 4.39. The molecule has 0 amide bonds. The highest BCUT2D eigenvalue weighted by Crippen LogP contribution is 2.28. The average Bonchev–Trinajstić information content (AvgIpc) is 2.74. The summed E-state index contributed by atoms with van der Waals surface area (Å²) in [6.45, 7) is 3.09. The smallest absolute Gasteiger partial charge is 0.0666 e. The summed E-state index contributed by atoms with van der Waals surface area (Å²) in [7, 11) is 2.00. The molecule has 0 fully saturated rings. The summed E-state index contributed by atoms with van der Waals surface area (Å²) >= 11 is 0. The molecule has 0 aliphatic heterocycles. The highest BCUT2D eigenvalue weighted by molar-refractivity contribution is 5.31. The fourth-order valence-corrected chi connectivity index (χ4v) is 3.40. The quantitative estimate of drug-likeness (QED) is 0.870. The van der Waals surface area contributed by atoms with E-state index in [4.69, 9.17) is 0 Å². The van der Waals surface area contributed by atoms with Crippen LogP contribution in [0.2, 0.25) is 0 Å². The fraction of sp³-hybridized carbons (Fsp3) is 0.500. The van der Waals surface area contributed by atoms with E-state index in [-0.39, 0.29) is 0 Å². The lowest BCUT2D eigenvalue weighted by Crippen LogP contribution is -2.21. The van der Waals surface area contributed by atoms with Gasteiger partial charge in [-0.1, -0.05) is 37.6 Å². The largest absolute Gasteiger partial charge is 0.306 e. The number of benzene rings is 1. The number of rotatable bonds is 4. The normalized spacial score (nSPS) is 18.3. The van der Waals surface area contributed by atoms with Crippen molar-refractivity contribution in [3.8, 4) is 0 Å². The van der Waals surface area contributed by atoms with Crippen molar-refractivity contribution >= 4 is 0 Å². The first-order valence-corrected chi connectivity index (χ1v) is 8.10. The summed E-state index contributed by atoms with van der Waals surface area (Å²) in [5.74, 6) is 0. The van der Waals surface area contributed by atoms with Gasteiger partial charge in [-0.25, -0.2) is 0 Å². The third-order valence-corrected chi connectivity index (χ3v) is 4.49. The minimum absolute atomic E-state index is 0.480. The highest BCUT2D eigenvalue weighted by atomic mass is 15.3. The minimum Gasteiger partial charge on any atom is -0.306 e. The number of hydrogen-bond acceptors (Lipinski definition) is 2. The van der Waals surface area contributed by atoms with Crippen molar-refractivity contribution in [2.24, 2.45) is 7.05 Å². The maximum atomic E-state index is 4.53. The molecule has 2 aromatic rings. The Hall–Kier alpha value is -1.61. The molecule has 1 aromatic carbocycles. The number of nitrogens with zero attached hydrogens (tertiary/aromatic N) is 2. The van der Waals surface area contributed by atoms with Gasteiger partial charge in [0.1, 0.15) is 0 Å². The van der Waals surface area contributed by atoms with Gasteiger partial charge in [0.15, 0.2) is 0 Å². The second-order valence-corrected chi connectivity index (χ2v) is 6.01. The second kappa shape index (κ2) is 6.44. The summed E-state index contributed by atoms with van der Waals surface area (Å²) in [5, 5.41) is 8.30. The molecular formula is C18H25N3. The molecule has 1 aliphatic carbocycles. The van der Waals surface area contributed by atoms with Crippen molar-refractivity contribution in [1.82, 2.24) is 15.1 Å². The zero-order valence-corrected chi connectivity index (χ0v) is 13.1. The van der Waals surface area contributed by atoms with E-state index < -0.39 is 0 Å². The molecule has 112 valence electrons. The second-order valence-electron chi connectivity index (χ2n) is 6.01. The molecule has 1 N–H and O–H groups in total. The maximum Gasteiger partial charge on any atom is 0.0666 e. The van der Waals surface area contributed by atoms with Crippen molar-refractivity contribution in [2.75, 3.05) is 0 Å². The predicted octanol–water partition coefficient (Wildman–Crippen LogP) is 3.54. The Morgan fingerprint density at radius 3 is 3.00 bits per heavy atom. The van der Waals surface area contributed by atoms with Gasteiger partial charge in [0.2, 0.25) is 0 Å². The van der Waals surface area contributed by atoms with Crippen molar-refractivity contribution in [1.29, 1.82) is 0 Å². The molecule has 21 heavy (non-hydrogen) atoms. The van der Waals surface area contributed by atoms with Crippen LogP contribution in [0.15, 0.2) is 30.5 Å². The van der Waals surface area contributed by atoms with Crippen LogP contribution in [-0.2, 0) is 26.4 Å². The molecule has 3 rings (SSSR count). The van der Waals surface area contributed by atoms with Gasteiger partial charge >= 0.3 is 0 Å². The maximum absolute atomic E-state index is 4.53. The molecule has 1 unspecified atom stereocenters. The van der Waals surface area contributed by atoms with Crippen LogP contribution >= 0.6 is 0 Å². The van der Waals surface area contributed by atoms with Crippen molar-refractivity contribution in [2.45, 2.75) is 51.6 Å². The van der Waals surface area contributed by atoms with E-state index in [0.717, 1.165) is 13.0 Å². The molecule has 3 heteroatoms. The summed E-state index contributed by atoms with van der Waals surface area (Å²) in [5.41, 5.74) is 5.57. The Bertz CT molecular complexity index is 600. The summed E-state index contributed by atoms with van der Waals surface area (Å²) in [6, 6.07) is 9.39. The first-order chi connectivity index (χ1) is 10.3. The minimum atomic E-state index is 0.480. The Labute approximate surface area is 127 Å². The summed E-state index contributed by atoms with van der Waals surface area (Å²) in [6.07, 6.45) is 8.22. The van der Waals surface area contributed by atoms with Crippen LogP contribution in [0.5, 0.6) is 0 Å². The zero-order chi connectivity index (χ0) is 14.7. The van der Waals surface area contributed by atoms with Crippen LogP contribution in [0.4, 0.5) is 0 Å². The lowest BCUT2D eigenvalue weighted by Gasteiger charge is -2.19. The third-order valence-electron chi connectivity index (χ3n) is 4.49. The molecule has 0 spiro atoms. The van der Waals surface area contributed by atoms with E-state index >= 15 is 0 Å². The number of hydrogen-bond donors (Lipinski definition) is 1. The van der Waals surface area contributed by atoms with E-state index in [1.807, 2.05) is 11.7 Å². The van der Waals surface area contributed by atoms with Gasteiger partial charge < -0.3 is 5.32 Å². The van der Waals surface area contributed by atoms with E-state index in [0.29, 0.717) is 6.04 Å². The van der Waals surface area contributed by atoms with Gasteiger partial charge in [0, 0.05) is 31.4 Å². The average molecular weight is 283 g/mol. The van der Waals surface area contributed by atoms with E-state index in [1.165, 1.54) is 48.1 Å². The molecule has 3 nitrogen and oxygen atoms in total. The van der Waals surface area contributed by atoms with Gasteiger partial charge in [-0.2, -0.15) is 5.10 Å². The van der Waals surface area contributed by atoms with Crippen LogP contribution in [0.1, 0.15) is 54.6 Å². The molecule has 0 radical (unpaired) electrons. The lowest BCUT2D eigenvalue weighted by atomic mass is 9.99. The van der Waals surface area contributed by atoms with E-state index in [9.17, 15) is 0 Å². The first kappa shape index (κ1) is 14.3. The molecular weight excluding hydrogens is 258 g/mol. The molecule has 1 aliphatic rings. The summed E-state index contributed by atoms with van der Waals surface area (Å²) in [4.78, 5) is 0. The Morgan fingerprint density at radius 2 is 2.14 bits per heavy atom. The number of fused-ring (bicyclic) bond motifs is 1. The van der Waals surface area contributed by atoms with Gasteiger partial charge in [-0.05, 0) is 36.8 Å². The number of aryl methyl sites for hydroxylation is 3. The van der Waals surface area contributed by atoms with Gasteiger partial charge in [0.25, 0.3) is 0 Å². The van der Waals surface area contributed by atoms with Crippen LogP contribution in [-0.4, -0.2) is 9.78 Å². The molecule has 0 saturated heterocycles. The van der Waals surface area contributed by atoms with Gasteiger partial charge in [-0.3, -0.25) is 4.68 Å². The third kappa shape index (κ3) is 3.18. The van der Waals surface area contributed by atoms with E-state index in [1.54, 1.807) is 0 Å². The number of aromatic nitrogens is 2. The van der Waals surface area contributed by atoms with Gasteiger partial charge in [-0.15, -0.1) is 0 Å². The van der Waals surface area contributed by atoms with E-state index in [2.05, 4.69) is 47.8 Å². The van der Waals surface area contributed by atoms with Gasteiger partial charge in [0.05, 0.1) is 5.69 Å². The van der Waals surface area contributed by atoms with Crippen LogP contribution in [0, 0.1) is 0 Å². The monoisotopic (exact) mass is 283 g/mol.